The first-order valence-electron chi connectivity index (χ1n) is 9.62. The summed E-state index contributed by atoms with van der Waals surface area (Å²) < 4.78 is 0. The predicted octanol–water partition coefficient (Wildman–Crippen LogP) is 5.11. The van der Waals surface area contributed by atoms with E-state index in [1.165, 1.54) is 36.0 Å². The monoisotopic (exact) mass is 481 g/mol. The number of para-hydroxylation sites is 2. The number of benzene rings is 3. The minimum Gasteiger partial charge on any atom is -0.333 e. The van der Waals surface area contributed by atoms with Crippen molar-refractivity contribution in [2.24, 2.45) is 0 Å². The van der Waals surface area contributed by atoms with Crippen LogP contribution in [0.2, 0.25) is 5.02 Å². The van der Waals surface area contributed by atoms with E-state index in [0.717, 1.165) is 17.1 Å². The molecule has 0 aliphatic rings. The fraction of sp³-hybridized carbons (Fsp3) is 0.0455. The van der Waals surface area contributed by atoms with Crippen molar-refractivity contribution in [3.8, 4) is 0 Å². The summed E-state index contributed by atoms with van der Waals surface area (Å²) in [4.78, 5) is 43.1. The van der Waals surface area contributed by atoms with Crippen LogP contribution in [0, 0.1) is 10.1 Å². The molecule has 0 aliphatic heterocycles. The topological polar surface area (TPSA) is 130 Å². The number of nitrogens with zero attached hydrogens (tertiary/aromatic N) is 2. The van der Waals surface area contributed by atoms with Gasteiger partial charge in [-0.05, 0) is 42.5 Å². The maximum absolute atomic E-state index is 12.6. The van der Waals surface area contributed by atoms with Crippen LogP contribution in [0.3, 0.4) is 0 Å². The van der Waals surface area contributed by atoms with Crippen molar-refractivity contribution >= 4 is 63.3 Å². The fourth-order valence-corrected chi connectivity index (χ4v) is 3.87. The average Bonchev–Trinajstić information content (AvgIpc) is 3.22. The molecule has 166 valence electrons. The molecule has 0 spiro atoms. The molecule has 9 nitrogen and oxygen atoms in total. The zero-order chi connectivity index (χ0) is 23.4. The van der Waals surface area contributed by atoms with Gasteiger partial charge < -0.3 is 15.6 Å². The Balaban J connectivity index is 1.39. The standard InChI is InChI=1S/C22H16ClN5O4S/c23-14-8-9-18(19(11-14)28(31)32)25-21(30)13-4-3-5-15(10-13)24-20(29)12-33-22-26-16-6-1-2-7-17(16)27-22/h1-11H,12H2,(H,24,29)(H,25,30)(H,26,27). The fourth-order valence-electron chi connectivity index (χ4n) is 3.02. The molecule has 4 rings (SSSR count). The Hall–Kier alpha value is -3.89. The second-order valence-electron chi connectivity index (χ2n) is 6.85. The molecule has 0 fully saturated rings. The average molecular weight is 482 g/mol. The normalized spacial score (nSPS) is 10.7. The number of hydrogen-bond donors (Lipinski definition) is 3. The highest BCUT2D eigenvalue weighted by molar-refractivity contribution is 7.99. The van der Waals surface area contributed by atoms with Gasteiger partial charge in [-0.15, -0.1) is 0 Å². The van der Waals surface area contributed by atoms with Crippen molar-refractivity contribution in [1.29, 1.82) is 0 Å². The first-order valence-corrected chi connectivity index (χ1v) is 11.0. The van der Waals surface area contributed by atoms with E-state index in [2.05, 4.69) is 20.6 Å². The van der Waals surface area contributed by atoms with Gasteiger partial charge in [-0.1, -0.05) is 41.6 Å². The van der Waals surface area contributed by atoms with Crippen LogP contribution in [0.1, 0.15) is 10.4 Å². The summed E-state index contributed by atoms with van der Waals surface area (Å²) in [7, 11) is 0. The molecule has 4 aromatic rings. The Labute approximate surface area is 196 Å². The first-order chi connectivity index (χ1) is 15.9. The number of amides is 2. The SMILES string of the molecule is O=C(CSc1nc2ccccc2[nH]1)Nc1cccc(C(=O)Nc2ccc(Cl)cc2[N+](=O)[O-])c1. The minimum absolute atomic E-state index is 0.0195. The lowest BCUT2D eigenvalue weighted by atomic mass is 10.1. The molecule has 0 bridgehead atoms. The zero-order valence-corrected chi connectivity index (χ0v) is 18.4. The van der Waals surface area contributed by atoms with Gasteiger partial charge in [0, 0.05) is 22.3 Å². The van der Waals surface area contributed by atoms with Crippen molar-refractivity contribution in [1.82, 2.24) is 9.97 Å². The number of aromatic nitrogens is 2. The number of aromatic amines is 1. The molecule has 0 saturated heterocycles. The summed E-state index contributed by atoms with van der Waals surface area (Å²) in [5.74, 6) is -0.716. The van der Waals surface area contributed by atoms with Gasteiger partial charge in [0.25, 0.3) is 11.6 Å². The molecule has 1 heterocycles. The largest absolute Gasteiger partial charge is 0.333 e. The van der Waals surface area contributed by atoms with Crippen LogP contribution in [0.25, 0.3) is 11.0 Å². The lowest BCUT2D eigenvalue weighted by Gasteiger charge is -2.09. The quantitative estimate of drug-likeness (QED) is 0.191. The van der Waals surface area contributed by atoms with Gasteiger partial charge in [-0.3, -0.25) is 19.7 Å². The van der Waals surface area contributed by atoms with Gasteiger partial charge in [0.2, 0.25) is 5.91 Å². The molecule has 0 unspecified atom stereocenters. The van der Waals surface area contributed by atoms with Gasteiger partial charge in [0.05, 0.1) is 21.7 Å². The number of carbonyl (C=O) groups is 2. The van der Waals surface area contributed by atoms with E-state index < -0.39 is 10.8 Å². The van der Waals surface area contributed by atoms with Crippen molar-refractivity contribution in [3.63, 3.8) is 0 Å². The van der Waals surface area contributed by atoms with Crippen molar-refractivity contribution in [2.45, 2.75) is 5.16 Å². The Morgan fingerprint density at radius 3 is 2.67 bits per heavy atom. The third-order valence-electron chi connectivity index (χ3n) is 4.52. The predicted molar refractivity (Wildman–Crippen MR) is 128 cm³/mol. The van der Waals surface area contributed by atoms with Crippen LogP contribution in [0.5, 0.6) is 0 Å². The van der Waals surface area contributed by atoms with Crippen molar-refractivity contribution in [2.75, 3.05) is 16.4 Å². The zero-order valence-electron chi connectivity index (χ0n) is 16.9. The molecule has 3 aromatic carbocycles. The number of carbonyl (C=O) groups excluding carboxylic acids is 2. The maximum Gasteiger partial charge on any atom is 0.294 e. The second kappa shape index (κ2) is 9.72. The number of nitro groups is 1. The van der Waals surface area contributed by atoms with Crippen LogP contribution in [-0.4, -0.2) is 32.5 Å². The van der Waals surface area contributed by atoms with Crippen molar-refractivity contribution < 1.29 is 14.5 Å². The minimum atomic E-state index is -0.627. The van der Waals surface area contributed by atoms with Gasteiger partial charge in [-0.2, -0.15) is 0 Å². The van der Waals surface area contributed by atoms with Crippen molar-refractivity contribution in [3.05, 3.63) is 87.4 Å². The number of rotatable bonds is 7. The lowest BCUT2D eigenvalue weighted by Crippen LogP contribution is -2.16. The van der Waals surface area contributed by atoms with Gasteiger partial charge in [-0.25, -0.2) is 4.98 Å². The highest BCUT2D eigenvalue weighted by Crippen LogP contribution is 2.28. The maximum atomic E-state index is 12.6. The number of thioether (sulfide) groups is 1. The lowest BCUT2D eigenvalue weighted by molar-refractivity contribution is -0.383. The third-order valence-corrected chi connectivity index (χ3v) is 5.63. The van der Waals surface area contributed by atoms with E-state index in [9.17, 15) is 19.7 Å². The Kier molecular flexibility index (Phi) is 6.57. The van der Waals surface area contributed by atoms with E-state index in [1.807, 2.05) is 24.3 Å². The van der Waals surface area contributed by atoms with Gasteiger partial charge >= 0.3 is 0 Å². The number of imidazole rings is 1. The van der Waals surface area contributed by atoms with Crippen LogP contribution < -0.4 is 10.6 Å². The van der Waals surface area contributed by atoms with E-state index in [4.69, 9.17) is 11.6 Å². The highest BCUT2D eigenvalue weighted by atomic mass is 35.5. The number of nitrogens with one attached hydrogen (secondary N) is 3. The summed E-state index contributed by atoms with van der Waals surface area (Å²) in [5, 5.41) is 17.3. The summed E-state index contributed by atoms with van der Waals surface area (Å²) >= 11 is 7.06. The van der Waals surface area contributed by atoms with Crippen LogP contribution in [0.15, 0.2) is 71.9 Å². The molecular formula is C22H16ClN5O4S. The number of H-pyrrole nitrogens is 1. The van der Waals surface area contributed by atoms with Gasteiger partial charge in [0.15, 0.2) is 5.16 Å². The number of hydrogen-bond acceptors (Lipinski definition) is 6. The summed E-state index contributed by atoms with van der Waals surface area (Å²) in [5.41, 5.74) is 2.06. The number of anilines is 2. The molecule has 11 heteroatoms. The van der Waals surface area contributed by atoms with Crippen LogP contribution >= 0.6 is 23.4 Å². The summed E-state index contributed by atoms with van der Waals surface area (Å²) in [6.45, 7) is 0. The molecule has 1 aromatic heterocycles. The summed E-state index contributed by atoms with van der Waals surface area (Å²) in [6, 6.07) is 17.8. The van der Waals surface area contributed by atoms with E-state index in [0.29, 0.717) is 10.8 Å². The Morgan fingerprint density at radius 2 is 1.88 bits per heavy atom. The highest BCUT2D eigenvalue weighted by Gasteiger charge is 2.17. The molecule has 33 heavy (non-hydrogen) atoms. The number of fused-ring (bicyclic) bond motifs is 1. The number of nitro benzene ring substituents is 1. The molecule has 0 aliphatic carbocycles. The van der Waals surface area contributed by atoms with E-state index in [-0.39, 0.29) is 33.6 Å². The van der Waals surface area contributed by atoms with Crippen LogP contribution in [-0.2, 0) is 4.79 Å². The smallest absolute Gasteiger partial charge is 0.294 e. The Morgan fingerprint density at radius 1 is 1.06 bits per heavy atom. The van der Waals surface area contributed by atoms with E-state index in [1.54, 1.807) is 12.1 Å². The van der Waals surface area contributed by atoms with Gasteiger partial charge in [0.1, 0.15) is 5.69 Å². The molecule has 0 radical (unpaired) electrons. The Bertz CT molecular complexity index is 1340. The van der Waals surface area contributed by atoms with E-state index >= 15 is 0 Å². The summed E-state index contributed by atoms with van der Waals surface area (Å²) in [6.07, 6.45) is 0. The first kappa shape index (κ1) is 22.3. The molecule has 2 amide bonds. The third kappa shape index (κ3) is 5.48. The second-order valence-corrected chi connectivity index (χ2v) is 8.25. The molecule has 3 N–H and O–H groups in total. The molecule has 0 saturated carbocycles. The number of halogens is 1. The molecule has 0 atom stereocenters. The molecular weight excluding hydrogens is 466 g/mol. The van der Waals surface area contributed by atoms with Crippen LogP contribution in [0.4, 0.5) is 17.1 Å².